The number of hydrogen-bond acceptors (Lipinski definition) is 3. The molecule has 0 aliphatic rings. The van der Waals surface area contributed by atoms with Crippen LogP contribution in [0.4, 0.5) is 0 Å². The maximum Gasteiger partial charge on any atom is 0.163 e. The van der Waals surface area contributed by atoms with Crippen LogP contribution in [-0.4, -0.2) is 6.61 Å². The molecular weight excluding hydrogens is 152 g/mol. The number of ether oxygens (including phenoxy) is 1. The van der Waals surface area contributed by atoms with Crippen LogP contribution in [0.1, 0.15) is 26.2 Å². The van der Waals surface area contributed by atoms with Crippen LogP contribution in [0.2, 0.25) is 0 Å². The van der Waals surface area contributed by atoms with Gasteiger partial charge in [-0.25, -0.2) is 0 Å². The first-order valence-electron chi connectivity index (χ1n) is 3.97. The fraction of sp³-hybridized carbons (Fsp3) is 0.556. The first kappa shape index (κ1) is 10.5. The number of allylic oxidation sites excluding steroid dienone is 1. The molecule has 0 saturated heterocycles. The van der Waals surface area contributed by atoms with Gasteiger partial charge in [-0.15, -0.1) is 0 Å². The quantitative estimate of drug-likeness (QED) is 0.355. The van der Waals surface area contributed by atoms with Gasteiger partial charge in [-0.2, -0.15) is 10.5 Å². The SMILES string of the molecule is CCCCCOC=C(C#N)C#N. The first-order valence-corrected chi connectivity index (χ1v) is 3.97. The molecule has 0 unspecified atom stereocenters. The van der Waals surface area contributed by atoms with E-state index in [9.17, 15) is 0 Å². The van der Waals surface area contributed by atoms with Crippen molar-refractivity contribution in [3.63, 3.8) is 0 Å². The summed E-state index contributed by atoms with van der Waals surface area (Å²) < 4.78 is 4.97. The lowest BCUT2D eigenvalue weighted by Gasteiger charge is -1.97. The van der Waals surface area contributed by atoms with Crippen LogP contribution in [-0.2, 0) is 4.74 Å². The van der Waals surface area contributed by atoms with Gasteiger partial charge >= 0.3 is 0 Å². The first-order chi connectivity index (χ1) is 5.85. The molecule has 0 aromatic heterocycles. The van der Waals surface area contributed by atoms with Crippen LogP contribution in [0.3, 0.4) is 0 Å². The minimum atomic E-state index is 0.0199. The third kappa shape index (κ3) is 5.32. The summed E-state index contributed by atoms with van der Waals surface area (Å²) >= 11 is 0. The van der Waals surface area contributed by atoms with Crippen molar-refractivity contribution in [3.8, 4) is 12.1 Å². The molecule has 0 heterocycles. The second-order valence-corrected chi connectivity index (χ2v) is 2.33. The second kappa shape index (κ2) is 7.63. The Morgan fingerprint density at radius 1 is 1.33 bits per heavy atom. The van der Waals surface area contributed by atoms with Crippen molar-refractivity contribution < 1.29 is 4.74 Å². The highest BCUT2D eigenvalue weighted by Gasteiger charge is 1.90. The summed E-state index contributed by atoms with van der Waals surface area (Å²) in [7, 11) is 0. The van der Waals surface area contributed by atoms with Crippen molar-refractivity contribution in [2.75, 3.05) is 6.61 Å². The number of nitriles is 2. The van der Waals surface area contributed by atoms with Gasteiger partial charge in [0.15, 0.2) is 5.57 Å². The lowest BCUT2D eigenvalue weighted by Crippen LogP contribution is -1.88. The van der Waals surface area contributed by atoms with E-state index in [1.807, 2.05) is 0 Å². The predicted molar refractivity (Wildman–Crippen MR) is 44.8 cm³/mol. The summed E-state index contributed by atoms with van der Waals surface area (Å²) in [5.74, 6) is 0. The lowest BCUT2D eigenvalue weighted by atomic mass is 10.3. The van der Waals surface area contributed by atoms with Crippen molar-refractivity contribution in [1.82, 2.24) is 0 Å². The maximum atomic E-state index is 8.31. The fourth-order valence-corrected chi connectivity index (χ4v) is 0.655. The van der Waals surface area contributed by atoms with Gasteiger partial charge in [0, 0.05) is 0 Å². The Balaban J connectivity index is 3.48. The third-order valence-corrected chi connectivity index (χ3v) is 1.31. The smallest absolute Gasteiger partial charge is 0.163 e. The molecule has 0 radical (unpaired) electrons. The molecule has 0 aliphatic heterocycles. The Morgan fingerprint density at radius 2 is 2.00 bits per heavy atom. The zero-order valence-electron chi connectivity index (χ0n) is 7.21. The average Bonchev–Trinajstić information content (AvgIpc) is 2.11. The van der Waals surface area contributed by atoms with Gasteiger partial charge in [-0.3, -0.25) is 0 Å². The zero-order valence-corrected chi connectivity index (χ0v) is 7.21. The van der Waals surface area contributed by atoms with Gasteiger partial charge in [0.05, 0.1) is 6.61 Å². The highest BCUT2D eigenvalue weighted by Crippen LogP contribution is 1.96. The van der Waals surface area contributed by atoms with Gasteiger partial charge in [0.2, 0.25) is 0 Å². The van der Waals surface area contributed by atoms with Crippen LogP contribution >= 0.6 is 0 Å². The van der Waals surface area contributed by atoms with E-state index in [2.05, 4.69) is 6.92 Å². The Morgan fingerprint density at radius 3 is 2.50 bits per heavy atom. The molecule has 0 aromatic carbocycles. The van der Waals surface area contributed by atoms with E-state index in [0.717, 1.165) is 19.3 Å². The molecule has 0 N–H and O–H groups in total. The number of unbranched alkanes of at least 4 members (excludes halogenated alkanes) is 2. The molecule has 0 aliphatic carbocycles. The molecule has 0 fully saturated rings. The number of hydrogen-bond donors (Lipinski definition) is 0. The Labute approximate surface area is 72.9 Å². The predicted octanol–water partition coefficient (Wildman–Crippen LogP) is 2.12. The lowest BCUT2D eigenvalue weighted by molar-refractivity contribution is 0.240. The van der Waals surface area contributed by atoms with Crippen LogP contribution in [0.25, 0.3) is 0 Å². The van der Waals surface area contributed by atoms with Gasteiger partial charge in [-0.05, 0) is 6.42 Å². The summed E-state index contributed by atoms with van der Waals surface area (Å²) in [6, 6.07) is 3.44. The van der Waals surface area contributed by atoms with Gasteiger partial charge in [0.25, 0.3) is 0 Å². The second-order valence-electron chi connectivity index (χ2n) is 2.33. The Bertz CT molecular complexity index is 204. The van der Waals surface area contributed by atoms with Crippen molar-refractivity contribution in [1.29, 1.82) is 10.5 Å². The topological polar surface area (TPSA) is 56.8 Å². The van der Waals surface area contributed by atoms with Crippen LogP contribution in [0.5, 0.6) is 0 Å². The van der Waals surface area contributed by atoms with Crippen molar-refractivity contribution in [2.24, 2.45) is 0 Å². The van der Waals surface area contributed by atoms with Crippen LogP contribution in [0.15, 0.2) is 11.8 Å². The highest BCUT2D eigenvalue weighted by molar-refractivity contribution is 5.33. The molecule has 12 heavy (non-hydrogen) atoms. The monoisotopic (exact) mass is 164 g/mol. The van der Waals surface area contributed by atoms with Gasteiger partial charge < -0.3 is 4.74 Å². The summed E-state index contributed by atoms with van der Waals surface area (Å²) in [4.78, 5) is 0. The molecule has 0 rings (SSSR count). The maximum absolute atomic E-state index is 8.31. The molecule has 0 spiro atoms. The number of rotatable bonds is 5. The van der Waals surface area contributed by atoms with Crippen molar-refractivity contribution in [2.45, 2.75) is 26.2 Å². The van der Waals surface area contributed by atoms with Gasteiger partial charge in [0.1, 0.15) is 18.4 Å². The van der Waals surface area contributed by atoms with Gasteiger partial charge in [-0.1, -0.05) is 19.8 Å². The summed E-state index contributed by atoms with van der Waals surface area (Å²) in [6.45, 7) is 2.69. The highest BCUT2D eigenvalue weighted by atomic mass is 16.5. The molecule has 3 nitrogen and oxygen atoms in total. The fourth-order valence-electron chi connectivity index (χ4n) is 0.655. The molecule has 0 aromatic rings. The van der Waals surface area contributed by atoms with E-state index >= 15 is 0 Å². The summed E-state index contributed by atoms with van der Waals surface area (Å²) in [5.41, 5.74) is 0.0199. The van der Waals surface area contributed by atoms with Crippen LogP contribution < -0.4 is 0 Å². The average molecular weight is 164 g/mol. The van der Waals surface area contributed by atoms with Crippen LogP contribution in [0, 0.1) is 22.7 Å². The Hall–Kier alpha value is -1.48. The van der Waals surface area contributed by atoms with Crippen molar-refractivity contribution in [3.05, 3.63) is 11.8 Å². The van der Waals surface area contributed by atoms with E-state index in [1.54, 1.807) is 12.1 Å². The molecule has 0 amide bonds. The largest absolute Gasteiger partial charge is 0.499 e. The summed E-state index contributed by atoms with van der Waals surface area (Å²) in [6.07, 6.45) is 4.44. The van der Waals surface area contributed by atoms with E-state index < -0.39 is 0 Å². The standard InChI is InChI=1S/C9H12N2O/c1-2-3-4-5-12-8-9(6-10)7-11/h8H,2-5H2,1H3. The number of nitrogens with zero attached hydrogens (tertiary/aromatic N) is 2. The normalized spacial score (nSPS) is 7.92. The zero-order chi connectivity index (χ0) is 9.23. The molecule has 0 bridgehead atoms. The van der Waals surface area contributed by atoms with E-state index in [-0.39, 0.29) is 5.57 Å². The van der Waals surface area contributed by atoms with Crippen molar-refractivity contribution >= 4 is 0 Å². The molecule has 0 atom stereocenters. The van der Waals surface area contributed by atoms with E-state index in [4.69, 9.17) is 15.3 Å². The molecule has 0 saturated carbocycles. The molecule has 64 valence electrons. The van der Waals surface area contributed by atoms with E-state index in [0.29, 0.717) is 6.61 Å². The third-order valence-electron chi connectivity index (χ3n) is 1.31. The van der Waals surface area contributed by atoms with E-state index in [1.165, 1.54) is 6.26 Å². The Kier molecular flexibility index (Phi) is 6.68. The molecule has 3 heteroatoms. The summed E-state index contributed by atoms with van der Waals surface area (Å²) in [5, 5.41) is 16.6. The molecular formula is C9H12N2O. The minimum absolute atomic E-state index is 0.0199. The minimum Gasteiger partial charge on any atom is -0.499 e.